The van der Waals surface area contributed by atoms with Gasteiger partial charge in [0.25, 0.3) is 5.56 Å². The van der Waals surface area contributed by atoms with Gasteiger partial charge >= 0.3 is 5.69 Å². The second-order valence-electron chi connectivity index (χ2n) is 7.17. The van der Waals surface area contributed by atoms with Crippen molar-refractivity contribution in [2.24, 2.45) is 20.0 Å². The van der Waals surface area contributed by atoms with Gasteiger partial charge in [-0.2, -0.15) is 0 Å². The molecule has 0 atom stereocenters. The van der Waals surface area contributed by atoms with Crippen LogP contribution in [0.1, 0.15) is 51.0 Å². The molecule has 7 heteroatoms. The lowest BCUT2D eigenvalue weighted by molar-refractivity contribution is -0.117. The minimum Gasteiger partial charge on any atom is -0.325 e. The molecule has 1 aliphatic carbocycles. The molecule has 0 saturated heterocycles. The van der Waals surface area contributed by atoms with Crippen LogP contribution in [0, 0.1) is 5.92 Å². The predicted molar refractivity (Wildman–Crippen MR) is 101 cm³/mol. The van der Waals surface area contributed by atoms with Gasteiger partial charge < -0.3 is 5.32 Å². The van der Waals surface area contributed by atoms with E-state index in [0.717, 1.165) is 23.0 Å². The molecule has 2 aromatic rings. The minimum absolute atomic E-state index is 0.0741. The first-order valence-corrected chi connectivity index (χ1v) is 9.31. The molecule has 1 N–H and O–H groups in total. The molecule has 0 aliphatic heterocycles. The summed E-state index contributed by atoms with van der Waals surface area (Å²) in [5.74, 6) is 0.337. The molecule has 3 rings (SSSR count). The SMILES string of the molecule is CCc1cnc2c(c1NC(=O)CC1CCCCC1)c(=O)n(C)c(=O)n2C. The van der Waals surface area contributed by atoms with Crippen LogP contribution in [-0.2, 0) is 25.3 Å². The number of rotatable bonds is 4. The zero-order valence-corrected chi connectivity index (χ0v) is 15.7. The van der Waals surface area contributed by atoms with Gasteiger partial charge in [-0.25, -0.2) is 9.78 Å². The zero-order chi connectivity index (χ0) is 18.8. The Kier molecular flexibility index (Phi) is 5.25. The van der Waals surface area contributed by atoms with Gasteiger partial charge in [-0.3, -0.25) is 18.7 Å². The van der Waals surface area contributed by atoms with E-state index < -0.39 is 11.2 Å². The Bertz CT molecular complexity index is 952. The number of hydrogen-bond donors (Lipinski definition) is 1. The monoisotopic (exact) mass is 358 g/mol. The number of amides is 1. The van der Waals surface area contributed by atoms with Crippen LogP contribution in [0.15, 0.2) is 15.8 Å². The van der Waals surface area contributed by atoms with Crippen molar-refractivity contribution in [1.29, 1.82) is 0 Å². The molecule has 0 radical (unpaired) electrons. The predicted octanol–water partition coefficient (Wildman–Crippen LogP) is 2.10. The number of pyridine rings is 1. The second kappa shape index (κ2) is 7.43. The molecule has 26 heavy (non-hydrogen) atoms. The summed E-state index contributed by atoms with van der Waals surface area (Å²) in [6.07, 6.45) is 8.52. The van der Waals surface area contributed by atoms with E-state index in [2.05, 4.69) is 10.3 Å². The topological polar surface area (TPSA) is 86.0 Å². The third-order valence-electron chi connectivity index (χ3n) is 5.39. The van der Waals surface area contributed by atoms with E-state index in [-0.39, 0.29) is 5.91 Å². The summed E-state index contributed by atoms with van der Waals surface area (Å²) >= 11 is 0. The fourth-order valence-corrected chi connectivity index (χ4v) is 3.82. The van der Waals surface area contributed by atoms with Gasteiger partial charge in [-0.05, 0) is 30.7 Å². The lowest BCUT2D eigenvalue weighted by Gasteiger charge is -2.21. The standard InChI is InChI=1S/C19H26N4O3/c1-4-13-11-20-17-15(18(25)23(3)19(26)22(17)2)16(13)21-14(24)10-12-8-6-5-7-9-12/h11-12H,4-10H2,1-3H3,(H,20,21,24). The van der Waals surface area contributed by atoms with Crippen LogP contribution in [-0.4, -0.2) is 20.0 Å². The number of hydrogen-bond acceptors (Lipinski definition) is 4. The highest BCUT2D eigenvalue weighted by Gasteiger charge is 2.21. The number of carbonyl (C=O) groups is 1. The van der Waals surface area contributed by atoms with Crippen LogP contribution in [0.5, 0.6) is 0 Å². The van der Waals surface area contributed by atoms with Crippen LogP contribution in [0.25, 0.3) is 11.0 Å². The Labute approximate surface area is 152 Å². The summed E-state index contributed by atoms with van der Waals surface area (Å²) in [5, 5.41) is 3.26. The fraction of sp³-hybridized carbons (Fsp3) is 0.579. The van der Waals surface area contributed by atoms with Gasteiger partial charge in [0.2, 0.25) is 5.91 Å². The average molecular weight is 358 g/mol. The van der Waals surface area contributed by atoms with Crippen molar-refractivity contribution >= 4 is 22.6 Å². The largest absolute Gasteiger partial charge is 0.332 e. The molecular weight excluding hydrogens is 332 g/mol. The minimum atomic E-state index is -0.432. The Morgan fingerprint density at radius 1 is 1.19 bits per heavy atom. The molecule has 1 amide bonds. The number of aromatic nitrogens is 3. The van der Waals surface area contributed by atoms with Crippen molar-refractivity contribution in [3.8, 4) is 0 Å². The van der Waals surface area contributed by atoms with Crippen LogP contribution < -0.4 is 16.6 Å². The summed E-state index contributed by atoms with van der Waals surface area (Å²) in [6.45, 7) is 1.95. The molecule has 0 bridgehead atoms. The lowest BCUT2D eigenvalue weighted by Crippen LogP contribution is -2.38. The Balaban J connectivity index is 2.04. The maximum atomic E-state index is 12.7. The van der Waals surface area contributed by atoms with E-state index in [1.54, 1.807) is 13.2 Å². The molecule has 1 fully saturated rings. The number of nitrogens with one attached hydrogen (secondary N) is 1. The summed E-state index contributed by atoms with van der Waals surface area (Å²) in [6, 6.07) is 0. The van der Waals surface area contributed by atoms with Gasteiger partial charge in [-0.15, -0.1) is 0 Å². The normalized spacial score (nSPS) is 15.3. The summed E-state index contributed by atoms with van der Waals surface area (Å²) in [4.78, 5) is 41.8. The first kappa shape index (κ1) is 18.4. The number of carbonyl (C=O) groups excluding carboxylic acids is 1. The molecule has 7 nitrogen and oxygen atoms in total. The third-order valence-corrected chi connectivity index (χ3v) is 5.39. The van der Waals surface area contributed by atoms with Crippen molar-refractivity contribution in [2.45, 2.75) is 51.9 Å². The van der Waals surface area contributed by atoms with Crippen molar-refractivity contribution in [3.05, 3.63) is 32.6 Å². The van der Waals surface area contributed by atoms with Gasteiger partial charge in [0, 0.05) is 26.7 Å². The molecule has 2 aromatic heterocycles. The molecule has 1 aliphatic rings. The molecule has 0 spiro atoms. The van der Waals surface area contributed by atoms with E-state index in [1.165, 1.54) is 30.9 Å². The van der Waals surface area contributed by atoms with Gasteiger partial charge in [-0.1, -0.05) is 26.2 Å². The second-order valence-corrected chi connectivity index (χ2v) is 7.17. The zero-order valence-electron chi connectivity index (χ0n) is 15.7. The maximum absolute atomic E-state index is 12.7. The van der Waals surface area contributed by atoms with E-state index in [0.29, 0.717) is 35.5 Å². The van der Waals surface area contributed by atoms with Crippen molar-refractivity contribution in [1.82, 2.24) is 14.1 Å². The Hall–Kier alpha value is -2.44. The molecule has 0 aromatic carbocycles. The first-order valence-electron chi connectivity index (χ1n) is 9.31. The van der Waals surface area contributed by atoms with Crippen LogP contribution >= 0.6 is 0 Å². The molecule has 1 saturated carbocycles. The van der Waals surface area contributed by atoms with E-state index in [9.17, 15) is 14.4 Å². The van der Waals surface area contributed by atoms with Crippen molar-refractivity contribution < 1.29 is 4.79 Å². The molecule has 140 valence electrons. The summed E-state index contributed by atoms with van der Waals surface area (Å²) in [7, 11) is 3.02. The average Bonchev–Trinajstić information content (AvgIpc) is 2.65. The number of anilines is 1. The quantitative estimate of drug-likeness (QED) is 0.907. The summed E-state index contributed by atoms with van der Waals surface area (Å²) < 4.78 is 2.40. The Morgan fingerprint density at radius 2 is 1.88 bits per heavy atom. The third kappa shape index (κ3) is 3.30. The highest BCUT2D eigenvalue weighted by atomic mass is 16.2. The first-order chi connectivity index (χ1) is 12.4. The van der Waals surface area contributed by atoms with E-state index in [1.807, 2.05) is 6.92 Å². The maximum Gasteiger partial charge on any atom is 0.332 e. The van der Waals surface area contributed by atoms with Crippen molar-refractivity contribution in [2.75, 3.05) is 5.32 Å². The van der Waals surface area contributed by atoms with Gasteiger partial charge in [0.15, 0.2) is 5.65 Å². The highest BCUT2D eigenvalue weighted by molar-refractivity contribution is 6.01. The molecule has 2 heterocycles. The number of aryl methyl sites for hydroxylation is 2. The van der Waals surface area contributed by atoms with E-state index in [4.69, 9.17) is 0 Å². The van der Waals surface area contributed by atoms with Crippen molar-refractivity contribution in [3.63, 3.8) is 0 Å². The van der Waals surface area contributed by atoms with Gasteiger partial charge in [0.05, 0.1) is 5.69 Å². The molecular formula is C19H26N4O3. The van der Waals surface area contributed by atoms with Gasteiger partial charge in [0.1, 0.15) is 5.39 Å². The fourth-order valence-electron chi connectivity index (χ4n) is 3.82. The van der Waals surface area contributed by atoms with Crippen LogP contribution in [0.4, 0.5) is 5.69 Å². The number of nitrogens with zero attached hydrogens (tertiary/aromatic N) is 3. The van der Waals surface area contributed by atoms with Crippen LogP contribution in [0.2, 0.25) is 0 Å². The lowest BCUT2D eigenvalue weighted by atomic mass is 9.87. The molecule has 0 unspecified atom stereocenters. The van der Waals surface area contributed by atoms with E-state index >= 15 is 0 Å². The highest BCUT2D eigenvalue weighted by Crippen LogP contribution is 2.28. The van der Waals surface area contributed by atoms with Crippen LogP contribution in [0.3, 0.4) is 0 Å². The smallest absolute Gasteiger partial charge is 0.325 e. The Morgan fingerprint density at radius 3 is 2.54 bits per heavy atom. The summed E-state index contributed by atoms with van der Waals surface area (Å²) in [5.41, 5.74) is 0.723. The number of fused-ring (bicyclic) bond motifs is 1.